The molecule has 0 spiro atoms. The molecule has 0 saturated heterocycles. The normalized spacial score (nSPS) is 13.6. The van der Waals surface area contributed by atoms with Crippen molar-refractivity contribution in [1.29, 1.82) is 0 Å². The SMILES string of the molecule is O=C(NCCNC(=O)C1CC1)c1ccc([N+](=O)[O-])cc1. The van der Waals surface area contributed by atoms with E-state index >= 15 is 0 Å². The molecule has 0 radical (unpaired) electrons. The molecule has 1 aliphatic rings. The second kappa shape index (κ2) is 6.14. The molecule has 0 heterocycles. The van der Waals surface area contributed by atoms with Crippen molar-refractivity contribution in [1.82, 2.24) is 10.6 Å². The maximum atomic E-state index is 11.7. The van der Waals surface area contributed by atoms with E-state index in [4.69, 9.17) is 0 Å². The van der Waals surface area contributed by atoms with Gasteiger partial charge in [0.25, 0.3) is 11.6 Å². The first-order chi connectivity index (χ1) is 9.58. The molecular weight excluding hydrogens is 262 g/mol. The molecule has 0 atom stereocenters. The minimum Gasteiger partial charge on any atom is -0.354 e. The first-order valence-corrected chi connectivity index (χ1v) is 6.38. The average molecular weight is 277 g/mol. The molecule has 0 aliphatic heterocycles. The van der Waals surface area contributed by atoms with E-state index in [0.29, 0.717) is 18.7 Å². The average Bonchev–Trinajstić information content (AvgIpc) is 3.27. The Morgan fingerprint density at radius 3 is 2.30 bits per heavy atom. The highest BCUT2D eigenvalue weighted by atomic mass is 16.6. The van der Waals surface area contributed by atoms with E-state index in [9.17, 15) is 19.7 Å². The van der Waals surface area contributed by atoms with Gasteiger partial charge in [-0.1, -0.05) is 0 Å². The Balaban J connectivity index is 1.73. The molecule has 1 saturated carbocycles. The Hall–Kier alpha value is -2.44. The molecule has 7 heteroatoms. The number of hydrogen-bond donors (Lipinski definition) is 2. The molecule has 1 aromatic carbocycles. The van der Waals surface area contributed by atoms with E-state index in [1.54, 1.807) is 0 Å². The van der Waals surface area contributed by atoms with Crippen molar-refractivity contribution in [2.24, 2.45) is 5.92 Å². The van der Waals surface area contributed by atoms with Crippen LogP contribution in [-0.4, -0.2) is 29.8 Å². The Labute approximate surface area is 115 Å². The number of benzene rings is 1. The van der Waals surface area contributed by atoms with Crippen molar-refractivity contribution >= 4 is 17.5 Å². The van der Waals surface area contributed by atoms with Crippen LogP contribution in [0.4, 0.5) is 5.69 Å². The fraction of sp³-hybridized carbons (Fsp3) is 0.385. The van der Waals surface area contributed by atoms with Crippen LogP contribution in [0.25, 0.3) is 0 Å². The smallest absolute Gasteiger partial charge is 0.269 e. The molecule has 2 N–H and O–H groups in total. The van der Waals surface area contributed by atoms with Crippen LogP contribution in [0.1, 0.15) is 23.2 Å². The Morgan fingerprint density at radius 2 is 1.75 bits per heavy atom. The third-order valence-electron chi connectivity index (χ3n) is 3.00. The summed E-state index contributed by atoms with van der Waals surface area (Å²) in [7, 11) is 0. The molecule has 2 rings (SSSR count). The number of nitro benzene ring substituents is 1. The van der Waals surface area contributed by atoms with Gasteiger partial charge in [-0.3, -0.25) is 19.7 Å². The van der Waals surface area contributed by atoms with Crippen molar-refractivity contribution in [2.75, 3.05) is 13.1 Å². The van der Waals surface area contributed by atoms with E-state index in [2.05, 4.69) is 10.6 Å². The lowest BCUT2D eigenvalue weighted by atomic mass is 10.2. The lowest BCUT2D eigenvalue weighted by Crippen LogP contribution is -2.35. The molecule has 0 bridgehead atoms. The van der Waals surface area contributed by atoms with Crippen molar-refractivity contribution in [3.8, 4) is 0 Å². The number of carbonyl (C=O) groups is 2. The van der Waals surface area contributed by atoms with Gasteiger partial charge >= 0.3 is 0 Å². The lowest BCUT2D eigenvalue weighted by Gasteiger charge is -2.06. The Morgan fingerprint density at radius 1 is 1.15 bits per heavy atom. The van der Waals surface area contributed by atoms with Crippen LogP contribution in [0.15, 0.2) is 24.3 Å². The minimum absolute atomic E-state index is 0.0367. The van der Waals surface area contributed by atoms with Gasteiger partial charge in [0.1, 0.15) is 0 Å². The van der Waals surface area contributed by atoms with Crippen LogP contribution in [-0.2, 0) is 4.79 Å². The summed E-state index contributed by atoms with van der Waals surface area (Å²) in [5.74, 6) is -0.129. The summed E-state index contributed by atoms with van der Waals surface area (Å²) < 4.78 is 0. The quantitative estimate of drug-likeness (QED) is 0.457. The zero-order chi connectivity index (χ0) is 14.5. The summed E-state index contributed by atoms with van der Waals surface area (Å²) in [5.41, 5.74) is 0.294. The summed E-state index contributed by atoms with van der Waals surface area (Å²) in [5, 5.41) is 15.9. The molecule has 1 aromatic rings. The van der Waals surface area contributed by atoms with Gasteiger partial charge in [-0.05, 0) is 25.0 Å². The largest absolute Gasteiger partial charge is 0.354 e. The second-order valence-corrected chi connectivity index (χ2v) is 4.63. The maximum Gasteiger partial charge on any atom is 0.269 e. The highest BCUT2D eigenvalue weighted by Crippen LogP contribution is 2.28. The number of rotatable bonds is 6. The highest BCUT2D eigenvalue weighted by molar-refractivity contribution is 5.94. The zero-order valence-electron chi connectivity index (χ0n) is 10.8. The number of nitrogens with one attached hydrogen (secondary N) is 2. The molecule has 7 nitrogen and oxygen atoms in total. The lowest BCUT2D eigenvalue weighted by molar-refractivity contribution is -0.384. The van der Waals surface area contributed by atoms with Gasteiger partial charge < -0.3 is 10.6 Å². The van der Waals surface area contributed by atoms with Gasteiger partial charge in [-0.25, -0.2) is 0 Å². The third-order valence-corrected chi connectivity index (χ3v) is 3.00. The molecule has 2 amide bonds. The molecule has 0 unspecified atom stereocenters. The van der Waals surface area contributed by atoms with Crippen molar-refractivity contribution in [2.45, 2.75) is 12.8 Å². The molecule has 1 aliphatic carbocycles. The van der Waals surface area contributed by atoms with Gasteiger partial charge in [-0.15, -0.1) is 0 Å². The standard InChI is InChI=1S/C13H15N3O4/c17-12(9-1-2-9)14-7-8-15-13(18)10-3-5-11(6-4-10)16(19)20/h3-6,9H,1-2,7-8H2,(H,14,17)(H,15,18). The third kappa shape index (κ3) is 3.78. The van der Waals surface area contributed by atoms with Crippen molar-refractivity contribution in [3.63, 3.8) is 0 Å². The molecular formula is C13H15N3O4. The van der Waals surface area contributed by atoms with Crippen LogP contribution >= 0.6 is 0 Å². The zero-order valence-corrected chi connectivity index (χ0v) is 10.8. The van der Waals surface area contributed by atoms with Crippen LogP contribution in [0.2, 0.25) is 0 Å². The van der Waals surface area contributed by atoms with Crippen LogP contribution in [0.5, 0.6) is 0 Å². The molecule has 106 valence electrons. The van der Waals surface area contributed by atoms with Gasteiger partial charge in [-0.2, -0.15) is 0 Å². The Bertz CT molecular complexity index is 523. The first-order valence-electron chi connectivity index (χ1n) is 6.38. The maximum absolute atomic E-state index is 11.7. The van der Waals surface area contributed by atoms with Gasteiger partial charge in [0, 0.05) is 36.7 Å². The number of amides is 2. The highest BCUT2D eigenvalue weighted by Gasteiger charge is 2.28. The van der Waals surface area contributed by atoms with Gasteiger partial charge in [0.2, 0.25) is 5.91 Å². The number of carbonyl (C=O) groups excluding carboxylic acids is 2. The van der Waals surface area contributed by atoms with E-state index in [1.165, 1.54) is 24.3 Å². The summed E-state index contributed by atoms with van der Waals surface area (Å²) >= 11 is 0. The predicted octanol–water partition coefficient (Wildman–Crippen LogP) is 0.851. The molecule has 20 heavy (non-hydrogen) atoms. The van der Waals surface area contributed by atoms with Gasteiger partial charge in [0.05, 0.1) is 4.92 Å². The van der Waals surface area contributed by atoms with Crippen LogP contribution < -0.4 is 10.6 Å². The number of nitro groups is 1. The van der Waals surface area contributed by atoms with E-state index in [-0.39, 0.29) is 23.4 Å². The van der Waals surface area contributed by atoms with E-state index < -0.39 is 4.92 Å². The second-order valence-electron chi connectivity index (χ2n) is 4.63. The van der Waals surface area contributed by atoms with Gasteiger partial charge in [0.15, 0.2) is 0 Å². The molecule has 1 fully saturated rings. The fourth-order valence-electron chi connectivity index (χ4n) is 1.69. The van der Waals surface area contributed by atoms with Crippen molar-refractivity contribution < 1.29 is 14.5 Å². The van der Waals surface area contributed by atoms with Crippen molar-refractivity contribution in [3.05, 3.63) is 39.9 Å². The number of hydrogen-bond acceptors (Lipinski definition) is 4. The summed E-state index contributed by atoms with van der Waals surface area (Å²) in [6.07, 6.45) is 1.89. The van der Waals surface area contributed by atoms with Crippen LogP contribution in [0, 0.1) is 16.0 Å². The first kappa shape index (κ1) is 14.0. The Kier molecular flexibility index (Phi) is 4.29. The number of nitrogens with zero attached hydrogens (tertiary/aromatic N) is 1. The number of non-ortho nitro benzene ring substituents is 1. The topological polar surface area (TPSA) is 101 Å². The summed E-state index contributed by atoms with van der Waals surface area (Å²) in [6.45, 7) is 0.711. The summed E-state index contributed by atoms with van der Waals surface area (Å²) in [6, 6.07) is 5.36. The molecule has 0 aromatic heterocycles. The fourth-order valence-corrected chi connectivity index (χ4v) is 1.69. The minimum atomic E-state index is -0.519. The van der Waals surface area contributed by atoms with E-state index in [0.717, 1.165) is 12.8 Å². The van der Waals surface area contributed by atoms with E-state index in [1.807, 2.05) is 0 Å². The monoisotopic (exact) mass is 277 g/mol. The predicted molar refractivity (Wildman–Crippen MR) is 71.2 cm³/mol. The van der Waals surface area contributed by atoms with Crippen LogP contribution in [0.3, 0.4) is 0 Å². The summed E-state index contributed by atoms with van der Waals surface area (Å²) in [4.78, 5) is 33.0.